The molecule has 4 aromatic heterocycles. The summed E-state index contributed by atoms with van der Waals surface area (Å²) < 4.78 is 4.80. The predicted octanol–water partition coefficient (Wildman–Crippen LogP) is 17.1. The Hall–Kier alpha value is -7.56. The summed E-state index contributed by atoms with van der Waals surface area (Å²) in [4.78, 5) is 9.32. The van der Waals surface area contributed by atoms with Gasteiger partial charge in [0.15, 0.2) is 0 Å². The predicted molar refractivity (Wildman–Crippen MR) is 298 cm³/mol. The van der Waals surface area contributed by atoms with Crippen molar-refractivity contribution in [2.45, 2.75) is 38.5 Å². The van der Waals surface area contributed by atoms with Crippen LogP contribution in [-0.4, -0.2) is 19.1 Å². The summed E-state index contributed by atoms with van der Waals surface area (Å²) in [6.45, 7) is 9.37. The van der Waals surface area contributed by atoms with Crippen molar-refractivity contribution in [2.24, 2.45) is 0 Å². The molecular formula is C68H48Ir2N4-2. The zero-order valence-corrected chi connectivity index (χ0v) is 46.0. The minimum atomic E-state index is -0.0517. The molecule has 0 aliphatic heterocycles. The zero-order valence-electron chi connectivity index (χ0n) is 41.2. The first-order valence-corrected chi connectivity index (χ1v) is 24.9. The van der Waals surface area contributed by atoms with E-state index in [0.29, 0.717) is 0 Å². The van der Waals surface area contributed by atoms with Gasteiger partial charge in [0.25, 0.3) is 0 Å². The van der Waals surface area contributed by atoms with Crippen LogP contribution in [-0.2, 0) is 51.0 Å². The van der Waals surface area contributed by atoms with Gasteiger partial charge in [0.2, 0.25) is 0 Å². The molecule has 2 radical (unpaired) electrons. The van der Waals surface area contributed by atoms with E-state index in [2.05, 4.69) is 230 Å². The summed E-state index contributed by atoms with van der Waals surface area (Å²) in [7, 11) is 0. The van der Waals surface area contributed by atoms with Crippen LogP contribution in [0.4, 0.5) is 0 Å². The van der Waals surface area contributed by atoms with Crippen molar-refractivity contribution in [3.63, 3.8) is 0 Å². The molecule has 2 aliphatic rings. The Bertz CT molecular complexity index is 4350. The maximum absolute atomic E-state index is 4.77. The molecule has 360 valence electrons. The van der Waals surface area contributed by atoms with Crippen molar-refractivity contribution in [1.82, 2.24) is 19.1 Å². The van der Waals surface area contributed by atoms with E-state index in [1.54, 1.807) is 0 Å². The third-order valence-corrected chi connectivity index (χ3v) is 15.7. The van der Waals surface area contributed by atoms with Gasteiger partial charge < -0.3 is 19.1 Å². The van der Waals surface area contributed by atoms with Crippen molar-refractivity contribution >= 4 is 54.4 Å². The van der Waals surface area contributed by atoms with Gasteiger partial charge in [-0.1, -0.05) is 149 Å². The van der Waals surface area contributed by atoms with Crippen LogP contribution in [0.25, 0.3) is 111 Å². The molecule has 6 heteroatoms. The summed E-state index contributed by atoms with van der Waals surface area (Å²) in [6, 6.07) is 80.9. The molecule has 4 nitrogen and oxygen atoms in total. The molecule has 0 spiro atoms. The number of hydrogen-bond donors (Lipinski definition) is 0. The van der Waals surface area contributed by atoms with Crippen LogP contribution in [0.3, 0.4) is 0 Å². The molecule has 0 saturated heterocycles. The Morgan fingerprint density at radius 2 is 0.851 bits per heavy atom. The van der Waals surface area contributed by atoms with E-state index in [9.17, 15) is 0 Å². The summed E-state index contributed by atoms with van der Waals surface area (Å²) in [5.41, 5.74) is 21.9. The second-order valence-corrected chi connectivity index (χ2v) is 20.4. The van der Waals surface area contributed by atoms with Crippen LogP contribution in [0.5, 0.6) is 0 Å². The second kappa shape index (κ2) is 18.1. The minimum Gasteiger partial charge on any atom is -0.327 e. The van der Waals surface area contributed by atoms with Crippen molar-refractivity contribution in [3.05, 3.63) is 253 Å². The standard InChI is InChI=1S/C36H25N2.C32H23N2.2Ir/c1-36(2)31-16-7-5-14-27(31)29-21-30-28-15-6-8-17-33(28)38(34(30)22-32(29)36)25-12-9-11-24(20-25)35-26-13-4-3-10-23(26)18-19-37-35;1-32(2)27-14-5-3-12-23(27)25-19-26-24-13-4-6-16-30(24)34(31(26)20-28(25)32)22-11-9-10-21(18-22)29-15-7-8-17-33-29;;/h3-10,12-22H,1-2H3;3-9,11-20H,1-2H3;;/q2*-1;;. The van der Waals surface area contributed by atoms with E-state index >= 15 is 0 Å². The van der Waals surface area contributed by atoms with Gasteiger partial charge in [0.05, 0.1) is 22.1 Å². The van der Waals surface area contributed by atoms with Gasteiger partial charge in [-0.15, -0.1) is 59.7 Å². The number of aromatic nitrogens is 4. The summed E-state index contributed by atoms with van der Waals surface area (Å²) in [5, 5.41) is 7.44. The van der Waals surface area contributed by atoms with Crippen LogP contribution in [0.15, 0.2) is 219 Å². The second-order valence-electron chi connectivity index (χ2n) is 20.4. The van der Waals surface area contributed by atoms with Gasteiger partial charge in [-0.25, -0.2) is 0 Å². The molecule has 0 N–H and O–H groups in total. The third kappa shape index (κ3) is 7.23. The normalized spacial score (nSPS) is 13.4. The Morgan fingerprint density at radius 3 is 1.42 bits per heavy atom. The van der Waals surface area contributed by atoms with Gasteiger partial charge in [-0.3, -0.25) is 0 Å². The van der Waals surface area contributed by atoms with Crippen LogP contribution in [0.2, 0.25) is 0 Å². The molecule has 13 aromatic rings. The molecule has 2 aliphatic carbocycles. The Kier molecular flexibility index (Phi) is 11.6. The van der Waals surface area contributed by atoms with Crippen molar-refractivity contribution in [1.29, 1.82) is 0 Å². The van der Waals surface area contributed by atoms with Crippen molar-refractivity contribution < 1.29 is 40.2 Å². The van der Waals surface area contributed by atoms with E-state index < -0.39 is 0 Å². The monoisotopic (exact) mass is 1310 g/mol. The van der Waals surface area contributed by atoms with Gasteiger partial charge in [-0.05, 0) is 127 Å². The smallest absolute Gasteiger partial charge is 0.0527 e. The summed E-state index contributed by atoms with van der Waals surface area (Å²) in [5.74, 6) is 0. The number of rotatable bonds is 4. The molecule has 0 atom stereocenters. The number of pyridine rings is 2. The number of benzene rings is 9. The molecule has 4 heterocycles. The maximum atomic E-state index is 4.77. The SMILES string of the molecule is CC1(C)c2ccccc2-c2cc3c4ccccc4n(-c4cc[c-]c(-c5ccccn5)c4)c3cc21.CC1(C)c2ccccc2-c2cc3c4ccccc4n(-c4cc[c-]c(-c5nccc6ccccc56)c4)c3cc21.[Ir].[Ir]. The largest absolute Gasteiger partial charge is 0.327 e. The van der Waals surface area contributed by atoms with Gasteiger partial charge in [0, 0.05) is 85.0 Å². The molecule has 15 rings (SSSR count). The average molecular weight is 1310 g/mol. The molecular weight excluding hydrogens is 1260 g/mol. The van der Waals surface area contributed by atoms with Crippen molar-refractivity contribution in [2.75, 3.05) is 0 Å². The fraction of sp³-hybridized carbons (Fsp3) is 0.0882. The minimum absolute atomic E-state index is 0. The van der Waals surface area contributed by atoms with Crippen LogP contribution in [0.1, 0.15) is 49.9 Å². The van der Waals surface area contributed by atoms with E-state index in [0.717, 1.165) is 39.3 Å². The summed E-state index contributed by atoms with van der Waals surface area (Å²) in [6.07, 6.45) is 3.72. The number of nitrogens with zero attached hydrogens (tertiary/aromatic N) is 4. The van der Waals surface area contributed by atoms with E-state index in [1.165, 1.54) is 93.5 Å². The first-order valence-electron chi connectivity index (χ1n) is 24.9. The Morgan fingerprint density at radius 1 is 0.365 bits per heavy atom. The quantitative estimate of drug-likeness (QED) is 0.165. The van der Waals surface area contributed by atoms with Crippen molar-refractivity contribution in [3.8, 4) is 56.1 Å². The Labute approximate surface area is 458 Å². The Balaban J connectivity index is 0.000000147. The van der Waals surface area contributed by atoms with E-state index in [1.807, 2.05) is 42.7 Å². The topological polar surface area (TPSA) is 35.6 Å². The summed E-state index contributed by atoms with van der Waals surface area (Å²) >= 11 is 0. The number of para-hydroxylation sites is 2. The third-order valence-electron chi connectivity index (χ3n) is 15.7. The van der Waals surface area contributed by atoms with Gasteiger partial charge in [-0.2, -0.15) is 0 Å². The maximum Gasteiger partial charge on any atom is 0.0527 e. The van der Waals surface area contributed by atoms with Crippen LogP contribution >= 0.6 is 0 Å². The molecule has 0 unspecified atom stereocenters. The average Bonchev–Trinajstić information content (AvgIpc) is 4.09. The van der Waals surface area contributed by atoms with E-state index in [-0.39, 0.29) is 51.0 Å². The van der Waals surface area contributed by atoms with E-state index in [4.69, 9.17) is 4.98 Å². The molecule has 0 bridgehead atoms. The fourth-order valence-electron chi connectivity index (χ4n) is 12.2. The molecule has 9 aromatic carbocycles. The first kappa shape index (κ1) is 47.4. The molecule has 74 heavy (non-hydrogen) atoms. The van der Waals surface area contributed by atoms with Gasteiger partial charge in [0.1, 0.15) is 0 Å². The van der Waals surface area contributed by atoms with Crippen LogP contribution in [0, 0.1) is 12.1 Å². The number of hydrogen-bond acceptors (Lipinski definition) is 2. The molecule has 0 fully saturated rings. The molecule has 0 amide bonds. The van der Waals surface area contributed by atoms with Gasteiger partial charge >= 0.3 is 0 Å². The van der Waals surface area contributed by atoms with Crippen LogP contribution < -0.4 is 0 Å². The molecule has 0 saturated carbocycles. The first-order chi connectivity index (χ1) is 35.2. The zero-order chi connectivity index (χ0) is 48.3. The fourth-order valence-corrected chi connectivity index (χ4v) is 12.2. The number of fused-ring (bicyclic) bond motifs is 13.